The molecule has 0 atom stereocenters. The van der Waals surface area contributed by atoms with Crippen LogP contribution < -0.4 is 14.8 Å². The van der Waals surface area contributed by atoms with E-state index in [0.717, 1.165) is 16.9 Å². The van der Waals surface area contributed by atoms with Crippen LogP contribution in [0.1, 0.15) is 31.9 Å². The quantitative estimate of drug-likeness (QED) is 0.330. The van der Waals surface area contributed by atoms with Gasteiger partial charge in [-0.1, -0.05) is 68.2 Å². The summed E-state index contributed by atoms with van der Waals surface area (Å²) in [6, 6.07) is 11.1. The maximum Gasteiger partial charge on any atom is 0.330 e. The van der Waals surface area contributed by atoms with Crippen LogP contribution in [0.15, 0.2) is 36.4 Å². The lowest BCUT2D eigenvalue weighted by Gasteiger charge is -2.17. The van der Waals surface area contributed by atoms with Gasteiger partial charge in [0.25, 0.3) is 0 Å². The van der Waals surface area contributed by atoms with Gasteiger partial charge in [0.15, 0.2) is 11.5 Å². The van der Waals surface area contributed by atoms with E-state index in [2.05, 4.69) is 41.0 Å². The lowest BCUT2D eigenvalue weighted by atomic mass is 10.2. The van der Waals surface area contributed by atoms with Gasteiger partial charge in [-0.15, -0.1) is 4.98 Å². The van der Waals surface area contributed by atoms with Crippen molar-refractivity contribution in [2.45, 2.75) is 39.4 Å². The topological polar surface area (TPSA) is 69.2 Å². The summed E-state index contributed by atoms with van der Waals surface area (Å²) in [5.41, 5.74) is 1.72. The Balaban J connectivity index is 1.88. The first-order chi connectivity index (χ1) is 15.1. The molecule has 0 saturated carbocycles. The van der Waals surface area contributed by atoms with Gasteiger partial charge in [-0.25, -0.2) is 0 Å². The Morgan fingerprint density at radius 2 is 1.34 bits per heavy atom. The van der Waals surface area contributed by atoms with Crippen LogP contribution in [-0.2, 0) is 0 Å². The number of thioether (sulfide) groups is 1. The summed E-state index contributed by atoms with van der Waals surface area (Å²) in [5, 5.41) is 4.15. The number of rotatable bonds is 8. The Morgan fingerprint density at radius 1 is 0.844 bits per heavy atom. The van der Waals surface area contributed by atoms with Crippen LogP contribution in [0.3, 0.4) is 0 Å². The number of hydrogen-bond donors (Lipinski definition) is 1. The van der Waals surface area contributed by atoms with E-state index < -0.39 is 0 Å². The third kappa shape index (κ3) is 6.89. The second kappa shape index (κ2) is 10.6. The molecule has 0 aliphatic carbocycles. The summed E-state index contributed by atoms with van der Waals surface area (Å²) >= 11 is 14.5. The van der Waals surface area contributed by atoms with E-state index in [1.54, 1.807) is 12.1 Å². The fourth-order valence-electron chi connectivity index (χ4n) is 2.70. The van der Waals surface area contributed by atoms with E-state index in [1.807, 2.05) is 49.9 Å². The normalized spacial score (nSPS) is 11.3. The van der Waals surface area contributed by atoms with Gasteiger partial charge in [-0.05, 0) is 37.1 Å². The lowest BCUT2D eigenvalue weighted by Crippen LogP contribution is -2.14. The highest BCUT2D eigenvalue weighted by atomic mass is 35.5. The third-order valence-electron chi connectivity index (χ3n) is 4.23. The standard InChI is InChI=1S/C23H26Cl2N4O2S/c1-14-8-6-10-16(24)18(14)30-21-27-20(26-12-13-32-23(3,4)5)28-22(29-21)31-19-15(2)9-7-11-17(19)25/h6-11H,12-13H2,1-5H3,(H,26,27,28,29). The van der Waals surface area contributed by atoms with Gasteiger partial charge in [0, 0.05) is 17.0 Å². The average Bonchev–Trinajstić information content (AvgIpc) is 2.70. The Kier molecular flexibility index (Phi) is 8.09. The van der Waals surface area contributed by atoms with Crippen LogP contribution in [0.4, 0.5) is 5.95 Å². The highest BCUT2D eigenvalue weighted by Crippen LogP contribution is 2.34. The van der Waals surface area contributed by atoms with Crippen LogP contribution in [0.5, 0.6) is 23.5 Å². The van der Waals surface area contributed by atoms with Crippen molar-refractivity contribution in [2.24, 2.45) is 0 Å². The molecule has 0 fully saturated rings. The molecule has 0 unspecified atom stereocenters. The molecule has 0 aliphatic rings. The second-order valence-electron chi connectivity index (χ2n) is 8.09. The van der Waals surface area contributed by atoms with Crippen LogP contribution >= 0.6 is 35.0 Å². The SMILES string of the molecule is Cc1cccc(Cl)c1Oc1nc(NCCSC(C)(C)C)nc(Oc2c(C)cccc2Cl)n1. The zero-order valence-corrected chi connectivity index (χ0v) is 21.0. The number of para-hydroxylation sites is 2. The van der Waals surface area contributed by atoms with Gasteiger partial charge in [0.05, 0.1) is 10.0 Å². The van der Waals surface area contributed by atoms with Gasteiger partial charge in [-0.3, -0.25) is 0 Å². The number of ether oxygens (including phenoxy) is 2. The van der Waals surface area contributed by atoms with E-state index in [4.69, 9.17) is 32.7 Å². The molecule has 1 aromatic heterocycles. The first-order valence-corrected chi connectivity index (χ1v) is 11.9. The van der Waals surface area contributed by atoms with Crippen molar-refractivity contribution >= 4 is 40.9 Å². The van der Waals surface area contributed by atoms with E-state index in [1.165, 1.54) is 0 Å². The molecule has 170 valence electrons. The highest BCUT2D eigenvalue weighted by molar-refractivity contribution is 8.00. The Morgan fingerprint density at radius 3 is 1.78 bits per heavy atom. The monoisotopic (exact) mass is 492 g/mol. The summed E-state index contributed by atoms with van der Waals surface area (Å²) in [5.74, 6) is 2.19. The first kappa shape index (κ1) is 24.4. The van der Waals surface area contributed by atoms with Crippen molar-refractivity contribution in [3.63, 3.8) is 0 Å². The molecule has 1 heterocycles. The molecule has 32 heavy (non-hydrogen) atoms. The maximum atomic E-state index is 6.31. The van der Waals surface area contributed by atoms with E-state index in [-0.39, 0.29) is 16.8 Å². The number of benzene rings is 2. The van der Waals surface area contributed by atoms with Crippen molar-refractivity contribution in [2.75, 3.05) is 17.6 Å². The maximum absolute atomic E-state index is 6.31. The van der Waals surface area contributed by atoms with Crippen molar-refractivity contribution in [3.05, 3.63) is 57.6 Å². The molecule has 0 amide bonds. The molecule has 0 spiro atoms. The van der Waals surface area contributed by atoms with Gasteiger partial charge < -0.3 is 14.8 Å². The third-order valence-corrected chi connectivity index (χ3v) is 6.10. The molecule has 2 aromatic carbocycles. The molecular weight excluding hydrogens is 467 g/mol. The molecule has 0 bridgehead atoms. The largest absolute Gasteiger partial charge is 0.422 e. The minimum absolute atomic E-state index is 0.0712. The van der Waals surface area contributed by atoms with Crippen LogP contribution in [-0.4, -0.2) is 32.0 Å². The van der Waals surface area contributed by atoms with E-state index >= 15 is 0 Å². The Bertz CT molecular complexity index is 978. The van der Waals surface area contributed by atoms with Crippen LogP contribution in [0.2, 0.25) is 10.0 Å². The van der Waals surface area contributed by atoms with Crippen molar-refractivity contribution in [3.8, 4) is 23.5 Å². The zero-order chi connectivity index (χ0) is 23.3. The summed E-state index contributed by atoms with van der Waals surface area (Å²) in [6.07, 6.45) is 0. The van der Waals surface area contributed by atoms with Crippen molar-refractivity contribution in [1.29, 1.82) is 0 Å². The number of aromatic nitrogens is 3. The fraction of sp³-hybridized carbons (Fsp3) is 0.348. The summed E-state index contributed by atoms with van der Waals surface area (Å²) < 4.78 is 12.0. The molecule has 9 heteroatoms. The molecule has 0 aliphatic heterocycles. The number of anilines is 1. The minimum Gasteiger partial charge on any atom is -0.422 e. The number of hydrogen-bond acceptors (Lipinski definition) is 7. The summed E-state index contributed by atoms with van der Waals surface area (Å²) in [7, 11) is 0. The lowest BCUT2D eigenvalue weighted by molar-refractivity contribution is 0.396. The Labute approximate surface area is 203 Å². The van der Waals surface area contributed by atoms with Crippen LogP contribution in [0, 0.1) is 13.8 Å². The summed E-state index contributed by atoms with van der Waals surface area (Å²) in [4.78, 5) is 13.1. The number of halogens is 2. The molecule has 6 nitrogen and oxygen atoms in total. The predicted molar refractivity (Wildman–Crippen MR) is 133 cm³/mol. The van der Waals surface area contributed by atoms with Gasteiger partial charge in [0.2, 0.25) is 5.95 Å². The van der Waals surface area contributed by atoms with Gasteiger partial charge >= 0.3 is 12.0 Å². The van der Waals surface area contributed by atoms with Gasteiger partial charge in [-0.2, -0.15) is 21.7 Å². The summed E-state index contributed by atoms with van der Waals surface area (Å²) in [6.45, 7) is 11.0. The molecular formula is C23H26Cl2N4O2S. The Hall–Kier alpha value is -2.22. The molecule has 1 N–H and O–H groups in total. The number of nitrogens with one attached hydrogen (secondary N) is 1. The number of nitrogens with zero attached hydrogens (tertiary/aromatic N) is 3. The number of aryl methyl sites for hydroxylation is 2. The van der Waals surface area contributed by atoms with E-state index in [0.29, 0.717) is 34.0 Å². The fourth-order valence-corrected chi connectivity index (χ4v) is 4.04. The second-order valence-corrected chi connectivity index (χ2v) is 10.8. The molecule has 3 aromatic rings. The van der Waals surface area contributed by atoms with Crippen molar-refractivity contribution in [1.82, 2.24) is 15.0 Å². The zero-order valence-electron chi connectivity index (χ0n) is 18.7. The average molecular weight is 493 g/mol. The highest BCUT2D eigenvalue weighted by Gasteiger charge is 2.16. The molecule has 0 saturated heterocycles. The predicted octanol–water partition coefficient (Wildman–Crippen LogP) is 7.32. The van der Waals surface area contributed by atoms with Crippen molar-refractivity contribution < 1.29 is 9.47 Å². The minimum atomic E-state index is 0.0712. The van der Waals surface area contributed by atoms with Gasteiger partial charge in [0.1, 0.15) is 0 Å². The smallest absolute Gasteiger partial charge is 0.330 e. The van der Waals surface area contributed by atoms with Crippen LogP contribution in [0.25, 0.3) is 0 Å². The molecule has 3 rings (SSSR count). The van der Waals surface area contributed by atoms with E-state index in [9.17, 15) is 0 Å². The first-order valence-electron chi connectivity index (χ1n) is 10.1. The molecule has 0 radical (unpaired) electrons.